The average molecular weight is 481 g/mol. The number of para-hydroxylation sites is 1. The summed E-state index contributed by atoms with van der Waals surface area (Å²) < 4.78 is 10.6. The van der Waals surface area contributed by atoms with E-state index >= 15 is 0 Å². The minimum absolute atomic E-state index is 0.246. The maximum Gasteiger partial charge on any atom is 0.329 e. The number of nitrogens with zero attached hydrogens (tertiary/aromatic N) is 1. The predicted molar refractivity (Wildman–Crippen MR) is 129 cm³/mol. The highest BCUT2D eigenvalue weighted by atomic mass is 35.5. The number of methoxy groups -OCH3 is 1. The monoisotopic (exact) mass is 480 g/mol. The molecule has 174 valence electrons. The number of hydrogen-bond donors (Lipinski definition) is 3. The van der Waals surface area contributed by atoms with E-state index in [1.807, 2.05) is 0 Å². The Kier molecular flexibility index (Phi) is 8.59. The molecule has 0 saturated heterocycles. The normalized spacial score (nSPS) is 10.4. The summed E-state index contributed by atoms with van der Waals surface area (Å²) >= 11 is 5.83. The number of carbonyl (C=O) groups excluding carboxylic acids is 3. The van der Waals surface area contributed by atoms with Gasteiger partial charge in [-0.05, 0) is 60.7 Å². The Labute approximate surface area is 200 Å². The molecule has 9 nitrogen and oxygen atoms in total. The van der Waals surface area contributed by atoms with Gasteiger partial charge < -0.3 is 20.1 Å². The van der Waals surface area contributed by atoms with Crippen LogP contribution in [0, 0.1) is 0 Å². The lowest BCUT2D eigenvalue weighted by molar-refractivity contribution is -0.136. The van der Waals surface area contributed by atoms with Crippen molar-refractivity contribution in [2.24, 2.45) is 5.10 Å². The fourth-order valence-corrected chi connectivity index (χ4v) is 2.79. The van der Waals surface area contributed by atoms with Crippen LogP contribution in [0.1, 0.15) is 5.56 Å². The fourth-order valence-electron chi connectivity index (χ4n) is 2.67. The van der Waals surface area contributed by atoms with Crippen molar-refractivity contribution in [1.82, 2.24) is 5.43 Å². The van der Waals surface area contributed by atoms with Gasteiger partial charge in [0, 0.05) is 22.0 Å². The van der Waals surface area contributed by atoms with Crippen LogP contribution in [0.25, 0.3) is 0 Å². The van der Waals surface area contributed by atoms with E-state index in [0.29, 0.717) is 33.5 Å². The Balaban J connectivity index is 1.51. The summed E-state index contributed by atoms with van der Waals surface area (Å²) in [5.41, 5.74) is 3.67. The standard InChI is InChI=1S/C24H21ClN4O5/c1-33-20-12-10-19(11-13-20)28-23(31)24(32)29-26-14-16-4-2-3-5-21(16)34-15-22(30)27-18-8-6-17(25)7-9-18/h2-14H,15H2,1H3,(H,27,30)(H,28,31)(H,29,32)/b26-14-. The molecule has 0 aliphatic rings. The van der Waals surface area contributed by atoms with Crippen molar-refractivity contribution in [2.45, 2.75) is 0 Å². The van der Waals surface area contributed by atoms with Crippen molar-refractivity contribution in [3.8, 4) is 11.5 Å². The first-order chi connectivity index (χ1) is 16.4. The Hall–Kier alpha value is -4.37. The number of amides is 3. The highest BCUT2D eigenvalue weighted by Gasteiger charge is 2.13. The van der Waals surface area contributed by atoms with E-state index < -0.39 is 11.8 Å². The van der Waals surface area contributed by atoms with Gasteiger partial charge in [0.25, 0.3) is 5.91 Å². The Morgan fingerprint density at radius 1 is 0.882 bits per heavy atom. The summed E-state index contributed by atoms with van der Waals surface area (Å²) in [4.78, 5) is 36.2. The number of halogens is 1. The van der Waals surface area contributed by atoms with Gasteiger partial charge in [-0.1, -0.05) is 23.7 Å². The average Bonchev–Trinajstić information content (AvgIpc) is 2.85. The maximum atomic E-state index is 12.1. The summed E-state index contributed by atoms with van der Waals surface area (Å²) in [6.07, 6.45) is 1.31. The summed E-state index contributed by atoms with van der Waals surface area (Å²) in [7, 11) is 1.53. The minimum Gasteiger partial charge on any atom is -0.497 e. The van der Waals surface area contributed by atoms with Gasteiger partial charge in [0.15, 0.2) is 6.61 Å². The SMILES string of the molecule is COc1ccc(NC(=O)C(=O)N/N=C\c2ccccc2OCC(=O)Nc2ccc(Cl)cc2)cc1. The van der Waals surface area contributed by atoms with E-state index in [1.54, 1.807) is 72.8 Å². The van der Waals surface area contributed by atoms with Gasteiger partial charge in [-0.15, -0.1) is 0 Å². The maximum absolute atomic E-state index is 12.1. The van der Waals surface area contributed by atoms with Crippen LogP contribution in [0.15, 0.2) is 77.9 Å². The summed E-state index contributed by atoms with van der Waals surface area (Å²) in [6.45, 7) is -0.246. The smallest absolute Gasteiger partial charge is 0.329 e. The number of nitrogens with one attached hydrogen (secondary N) is 3. The van der Waals surface area contributed by atoms with Gasteiger partial charge in [-0.3, -0.25) is 14.4 Å². The molecule has 0 bridgehead atoms. The number of ether oxygens (including phenoxy) is 2. The third kappa shape index (κ3) is 7.35. The van der Waals surface area contributed by atoms with E-state index in [0.717, 1.165) is 0 Å². The number of rotatable bonds is 8. The molecule has 3 rings (SSSR count). The fraction of sp³-hybridized carbons (Fsp3) is 0.0833. The molecule has 3 amide bonds. The largest absolute Gasteiger partial charge is 0.497 e. The molecule has 34 heavy (non-hydrogen) atoms. The lowest BCUT2D eigenvalue weighted by atomic mass is 10.2. The summed E-state index contributed by atoms with van der Waals surface area (Å²) in [6, 6.07) is 20.0. The molecule has 0 heterocycles. The molecule has 0 radical (unpaired) electrons. The van der Waals surface area contributed by atoms with Crippen molar-refractivity contribution in [1.29, 1.82) is 0 Å². The molecule has 10 heteroatoms. The van der Waals surface area contributed by atoms with E-state index in [9.17, 15) is 14.4 Å². The van der Waals surface area contributed by atoms with Gasteiger partial charge in [0.2, 0.25) is 0 Å². The molecule has 0 unspecified atom stereocenters. The lowest BCUT2D eigenvalue weighted by Gasteiger charge is -2.09. The van der Waals surface area contributed by atoms with Gasteiger partial charge in [0.1, 0.15) is 11.5 Å². The number of hydrogen-bond acceptors (Lipinski definition) is 6. The number of anilines is 2. The molecule has 0 aromatic heterocycles. The first kappa shape index (κ1) is 24.3. The zero-order valence-corrected chi connectivity index (χ0v) is 18.8. The number of benzene rings is 3. The molecule has 0 atom stereocenters. The third-order valence-corrected chi connectivity index (χ3v) is 4.58. The van der Waals surface area contributed by atoms with Crippen LogP contribution in [0.4, 0.5) is 11.4 Å². The highest BCUT2D eigenvalue weighted by molar-refractivity contribution is 6.39. The van der Waals surface area contributed by atoms with Crippen LogP contribution in [-0.4, -0.2) is 37.7 Å². The van der Waals surface area contributed by atoms with Crippen LogP contribution in [0.5, 0.6) is 11.5 Å². The molecule has 0 fully saturated rings. The van der Waals surface area contributed by atoms with Crippen LogP contribution >= 0.6 is 11.6 Å². The minimum atomic E-state index is -0.951. The lowest BCUT2D eigenvalue weighted by Crippen LogP contribution is -2.32. The predicted octanol–water partition coefficient (Wildman–Crippen LogP) is 3.45. The van der Waals surface area contributed by atoms with Crippen LogP contribution in [-0.2, 0) is 14.4 Å². The molecule has 0 saturated carbocycles. The second-order valence-corrected chi connectivity index (χ2v) is 7.20. The van der Waals surface area contributed by atoms with Crippen molar-refractivity contribution < 1.29 is 23.9 Å². The number of carbonyl (C=O) groups is 3. The molecule has 3 aromatic carbocycles. The number of hydrazone groups is 1. The molecule has 0 spiro atoms. The van der Waals surface area contributed by atoms with Crippen LogP contribution in [0.2, 0.25) is 5.02 Å². The van der Waals surface area contributed by atoms with Crippen molar-refractivity contribution >= 4 is 46.9 Å². The Bertz CT molecular complexity index is 1180. The first-order valence-electron chi connectivity index (χ1n) is 10.0. The quantitative estimate of drug-likeness (QED) is 0.259. The Morgan fingerprint density at radius 2 is 1.53 bits per heavy atom. The molecule has 0 aliphatic heterocycles. The third-order valence-electron chi connectivity index (χ3n) is 4.33. The van der Waals surface area contributed by atoms with E-state index in [4.69, 9.17) is 21.1 Å². The summed E-state index contributed by atoms with van der Waals surface area (Å²) in [5, 5.41) is 9.50. The Morgan fingerprint density at radius 3 is 2.24 bits per heavy atom. The van der Waals surface area contributed by atoms with E-state index in [-0.39, 0.29) is 12.5 Å². The van der Waals surface area contributed by atoms with Crippen LogP contribution in [0.3, 0.4) is 0 Å². The molecule has 3 N–H and O–H groups in total. The summed E-state index contributed by atoms with van der Waals surface area (Å²) in [5.74, 6) is -1.21. The highest BCUT2D eigenvalue weighted by Crippen LogP contribution is 2.17. The van der Waals surface area contributed by atoms with Crippen molar-refractivity contribution in [3.63, 3.8) is 0 Å². The zero-order chi connectivity index (χ0) is 24.3. The van der Waals surface area contributed by atoms with E-state index in [2.05, 4.69) is 21.2 Å². The van der Waals surface area contributed by atoms with Crippen LogP contribution < -0.4 is 25.5 Å². The van der Waals surface area contributed by atoms with Gasteiger partial charge in [0.05, 0.1) is 13.3 Å². The van der Waals surface area contributed by atoms with E-state index in [1.165, 1.54) is 13.3 Å². The molecule has 3 aromatic rings. The van der Waals surface area contributed by atoms with Crippen molar-refractivity contribution in [3.05, 3.63) is 83.4 Å². The first-order valence-corrected chi connectivity index (χ1v) is 10.4. The second-order valence-electron chi connectivity index (χ2n) is 6.76. The van der Waals surface area contributed by atoms with Crippen molar-refractivity contribution in [2.75, 3.05) is 24.4 Å². The molecule has 0 aliphatic carbocycles. The topological polar surface area (TPSA) is 118 Å². The zero-order valence-electron chi connectivity index (χ0n) is 18.1. The van der Waals surface area contributed by atoms with Gasteiger partial charge in [-0.25, -0.2) is 5.43 Å². The van der Waals surface area contributed by atoms with Gasteiger partial charge in [-0.2, -0.15) is 5.10 Å². The van der Waals surface area contributed by atoms with Gasteiger partial charge >= 0.3 is 11.8 Å². The molecular weight excluding hydrogens is 460 g/mol. The molecular formula is C24H21ClN4O5. The second kappa shape index (κ2) is 12.0.